The van der Waals surface area contributed by atoms with Crippen molar-refractivity contribution >= 4 is 5.91 Å². The lowest BCUT2D eigenvalue weighted by Gasteiger charge is -2.14. The molecule has 1 N–H and O–H groups in total. The van der Waals surface area contributed by atoms with E-state index in [0.29, 0.717) is 0 Å². The highest BCUT2D eigenvalue weighted by Crippen LogP contribution is 2.16. The van der Waals surface area contributed by atoms with Crippen LogP contribution in [-0.4, -0.2) is 33.0 Å². The van der Waals surface area contributed by atoms with E-state index in [1.807, 2.05) is 0 Å². The third-order valence-corrected chi connectivity index (χ3v) is 2.47. The molecular formula is C12H15F2NO3. The lowest BCUT2D eigenvalue weighted by Crippen LogP contribution is -2.35. The van der Waals surface area contributed by atoms with Gasteiger partial charge in [0.25, 0.3) is 5.91 Å². The van der Waals surface area contributed by atoms with E-state index in [0.717, 1.165) is 6.07 Å². The largest absolute Gasteiger partial charge is 0.354 e. The average molecular weight is 259 g/mol. The molecule has 0 fully saturated rings. The van der Waals surface area contributed by atoms with E-state index in [9.17, 15) is 13.6 Å². The summed E-state index contributed by atoms with van der Waals surface area (Å²) < 4.78 is 36.7. The average Bonchev–Trinajstić information content (AvgIpc) is 2.35. The van der Waals surface area contributed by atoms with Gasteiger partial charge in [-0.05, 0) is 18.6 Å². The van der Waals surface area contributed by atoms with Gasteiger partial charge in [-0.3, -0.25) is 4.79 Å². The molecular weight excluding hydrogens is 244 g/mol. The molecule has 4 nitrogen and oxygen atoms in total. The number of hydrogen-bond acceptors (Lipinski definition) is 3. The zero-order valence-corrected chi connectivity index (χ0v) is 10.4. The molecule has 0 bridgehead atoms. The first kappa shape index (κ1) is 14.5. The Balaban J connectivity index is 2.82. The van der Waals surface area contributed by atoms with Crippen molar-refractivity contribution in [1.82, 2.24) is 5.32 Å². The quantitative estimate of drug-likeness (QED) is 0.817. The van der Waals surface area contributed by atoms with E-state index in [4.69, 9.17) is 9.47 Å². The monoisotopic (exact) mass is 259 g/mol. The minimum atomic E-state index is -0.901. The van der Waals surface area contributed by atoms with Crippen molar-refractivity contribution < 1.29 is 23.0 Å². The Morgan fingerprint density at radius 3 is 2.50 bits per heavy atom. The highest BCUT2D eigenvalue weighted by Gasteiger charge is 2.19. The van der Waals surface area contributed by atoms with Gasteiger partial charge in [0, 0.05) is 14.2 Å². The van der Waals surface area contributed by atoms with Crippen molar-refractivity contribution in [3.8, 4) is 0 Å². The summed E-state index contributed by atoms with van der Waals surface area (Å²) >= 11 is 0. The topological polar surface area (TPSA) is 47.6 Å². The first-order chi connectivity index (χ1) is 8.51. The molecule has 0 unspecified atom stereocenters. The number of benzene rings is 1. The third kappa shape index (κ3) is 3.24. The van der Waals surface area contributed by atoms with Gasteiger partial charge in [0.15, 0.2) is 6.29 Å². The van der Waals surface area contributed by atoms with Crippen LogP contribution in [0.25, 0.3) is 0 Å². The first-order valence-corrected chi connectivity index (χ1v) is 5.29. The number of rotatable bonds is 5. The molecule has 1 aromatic carbocycles. The molecule has 0 spiro atoms. The highest BCUT2D eigenvalue weighted by molar-refractivity contribution is 5.94. The van der Waals surface area contributed by atoms with Crippen LogP contribution in [0, 0.1) is 18.6 Å². The molecule has 0 aliphatic rings. The molecule has 0 saturated heterocycles. The Kier molecular flexibility index (Phi) is 5.18. The molecule has 0 aliphatic carbocycles. The Labute approximate surface area is 104 Å². The van der Waals surface area contributed by atoms with Crippen molar-refractivity contribution in [3.63, 3.8) is 0 Å². The van der Waals surface area contributed by atoms with Gasteiger partial charge in [-0.1, -0.05) is 6.07 Å². The van der Waals surface area contributed by atoms with Gasteiger partial charge < -0.3 is 14.8 Å². The molecule has 1 aromatic rings. The van der Waals surface area contributed by atoms with Gasteiger partial charge >= 0.3 is 0 Å². The van der Waals surface area contributed by atoms with E-state index < -0.39 is 29.4 Å². The predicted molar refractivity (Wildman–Crippen MR) is 61.2 cm³/mol. The number of carbonyl (C=O) groups is 1. The van der Waals surface area contributed by atoms with Crippen LogP contribution in [-0.2, 0) is 9.47 Å². The molecule has 0 atom stereocenters. The van der Waals surface area contributed by atoms with Crippen LogP contribution >= 0.6 is 0 Å². The van der Waals surface area contributed by atoms with Crippen LogP contribution in [0.4, 0.5) is 8.78 Å². The molecule has 0 heterocycles. The summed E-state index contributed by atoms with van der Waals surface area (Å²) in [6.45, 7) is 1.46. The minimum absolute atomic E-state index is 0.00133. The second kappa shape index (κ2) is 6.42. The predicted octanol–water partition coefficient (Wildman–Crippen LogP) is 1.62. The summed E-state index contributed by atoms with van der Waals surface area (Å²) in [4.78, 5) is 11.7. The second-order valence-electron chi connectivity index (χ2n) is 3.66. The molecule has 6 heteroatoms. The minimum Gasteiger partial charge on any atom is -0.354 e. The van der Waals surface area contributed by atoms with Crippen molar-refractivity contribution in [2.75, 3.05) is 20.8 Å². The van der Waals surface area contributed by atoms with Crippen LogP contribution in [0.2, 0.25) is 0 Å². The second-order valence-corrected chi connectivity index (χ2v) is 3.66. The van der Waals surface area contributed by atoms with Gasteiger partial charge in [-0.2, -0.15) is 0 Å². The van der Waals surface area contributed by atoms with Crippen molar-refractivity contribution in [1.29, 1.82) is 0 Å². The maximum Gasteiger partial charge on any atom is 0.257 e. The zero-order chi connectivity index (χ0) is 13.7. The number of amides is 1. The number of halogens is 2. The van der Waals surface area contributed by atoms with E-state index in [1.165, 1.54) is 27.2 Å². The standard InChI is InChI=1S/C12H15F2NO3/c1-7-4-5-8(13)10(11(7)14)12(16)15-6-9(17-2)18-3/h4-5,9H,6H2,1-3H3,(H,15,16). The van der Waals surface area contributed by atoms with Crippen LogP contribution in [0.3, 0.4) is 0 Å². The van der Waals surface area contributed by atoms with Gasteiger partial charge in [-0.25, -0.2) is 8.78 Å². The van der Waals surface area contributed by atoms with Crippen molar-refractivity contribution in [2.45, 2.75) is 13.2 Å². The zero-order valence-electron chi connectivity index (χ0n) is 10.4. The van der Waals surface area contributed by atoms with Crippen molar-refractivity contribution in [3.05, 3.63) is 34.9 Å². The summed E-state index contributed by atoms with van der Waals surface area (Å²) in [5, 5.41) is 2.34. The molecule has 100 valence electrons. The van der Waals surface area contributed by atoms with E-state index in [-0.39, 0.29) is 12.1 Å². The summed E-state index contributed by atoms with van der Waals surface area (Å²) in [6, 6.07) is 2.33. The molecule has 0 aliphatic heterocycles. The van der Waals surface area contributed by atoms with Gasteiger partial charge in [0.05, 0.1) is 6.54 Å². The number of carbonyl (C=O) groups excluding carboxylic acids is 1. The van der Waals surface area contributed by atoms with Crippen LogP contribution in [0.15, 0.2) is 12.1 Å². The lowest BCUT2D eigenvalue weighted by molar-refractivity contribution is -0.0974. The smallest absolute Gasteiger partial charge is 0.257 e. The van der Waals surface area contributed by atoms with Gasteiger partial charge in [0.1, 0.15) is 17.2 Å². The SMILES string of the molecule is COC(CNC(=O)c1c(F)ccc(C)c1F)OC. The molecule has 0 saturated carbocycles. The summed E-state index contributed by atoms with van der Waals surface area (Å²) in [6.07, 6.45) is -0.662. The molecule has 1 amide bonds. The van der Waals surface area contributed by atoms with E-state index in [2.05, 4.69) is 5.32 Å². The lowest BCUT2D eigenvalue weighted by atomic mass is 10.1. The molecule has 0 radical (unpaired) electrons. The summed E-state index contributed by atoms with van der Waals surface area (Å²) in [5.74, 6) is -2.60. The Morgan fingerprint density at radius 1 is 1.33 bits per heavy atom. The Morgan fingerprint density at radius 2 is 1.94 bits per heavy atom. The van der Waals surface area contributed by atoms with E-state index in [1.54, 1.807) is 0 Å². The molecule has 18 heavy (non-hydrogen) atoms. The fraction of sp³-hybridized carbons (Fsp3) is 0.417. The van der Waals surface area contributed by atoms with Gasteiger partial charge in [-0.15, -0.1) is 0 Å². The third-order valence-electron chi connectivity index (χ3n) is 2.47. The number of aryl methyl sites for hydroxylation is 1. The van der Waals surface area contributed by atoms with E-state index >= 15 is 0 Å². The highest BCUT2D eigenvalue weighted by atomic mass is 19.1. The number of ether oxygens (including phenoxy) is 2. The number of hydrogen-bond donors (Lipinski definition) is 1. The molecule has 1 rings (SSSR count). The first-order valence-electron chi connectivity index (χ1n) is 5.29. The summed E-state index contributed by atoms with van der Waals surface area (Å²) in [7, 11) is 2.79. The van der Waals surface area contributed by atoms with Crippen LogP contribution < -0.4 is 5.32 Å². The number of methoxy groups -OCH3 is 2. The van der Waals surface area contributed by atoms with Crippen LogP contribution in [0.1, 0.15) is 15.9 Å². The van der Waals surface area contributed by atoms with Crippen LogP contribution in [0.5, 0.6) is 0 Å². The maximum absolute atomic E-state index is 13.6. The van der Waals surface area contributed by atoms with Gasteiger partial charge in [0.2, 0.25) is 0 Å². The fourth-order valence-corrected chi connectivity index (χ4v) is 1.39. The maximum atomic E-state index is 13.6. The Bertz CT molecular complexity index is 434. The normalized spacial score (nSPS) is 10.8. The summed E-state index contributed by atoms with van der Waals surface area (Å²) in [5.41, 5.74) is -0.391. The van der Waals surface area contributed by atoms with Crippen molar-refractivity contribution in [2.24, 2.45) is 0 Å². The Hall–Kier alpha value is -1.53. The fourth-order valence-electron chi connectivity index (χ4n) is 1.39. The number of nitrogens with one attached hydrogen (secondary N) is 1. The molecule has 0 aromatic heterocycles.